The van der Waals surface area contributed by atoms with Gasteiger partial charge in [-0.3, -0.25) is 4.79 Å². The first-order chi connectivity index (χ1) is 11.1. The number of benzene rings is 1. The van der Waals surface area contributed by atoms with Crippen molar-refractivity contribution in [1.29, 1.82) is 0 Å². The van der Waals surface area contributed by atoms with Crippen LogP contribution in [0.5, 0.6) is 0 Å². The Morgan fingerprint density at radius 3 is 2.70 bits per heavy atom. The number of carbonyl (C=O) groups excluding carboxylic acids is 1. The largest absolute Gasteiger partial charge is 0.369 e. The van der Waals surface area contributed by atoms with E-state index >= 15 is 0 Å². The van der Waals surface area contributed by atoms with Gasteiger partial charge in [0.25, 0.3) is 0 Å². The summed E-state index contributed by atoms with van der Waals surface area (Å²) in [5.41, 5.74) is 2.15. The predicted molar refractivity (Wildman–Crippen MR) is 101 cm³/mol. The van der Waals surface area contributed by atoms with E-state index in [0.717, 1.165) is 25.1 Å². The Bertz CT molecular complexity index is 530. The summed E-state index contributed by atoms with van der Waals surface area (Å²) >= 11 is 5.19. The number of unbranched alkanes of at least 4 members (excludes halogenated alkanes) is 1. The number of nitrogens with zero attached hydrogens (tertiary/aromatic N) is 1. The number of hydrogen-bond acceptors (Lipinski definition) is 3. The van der Waals surface area contributed by atoms with E-state index in [1.165, 1.54) is 24.9 Å². The average molecular weight is 334 g/mol. The van der Waals surface area contributed by atoms with E-state index in [1.54, 1.807) is 0 Å². The van der Waals surface area contributed by atoms with Crippen molar-refractivity contribution in [2.24, 2.45) is 0 Å². The number of amides is 1. The van der Waals surface area contributed by atoms with Gasteiger partial charge < -0.3 is 15.5 Å². The van der Waals surface area contributed by atoms with Gasteiger partial charge in [-0.05, 0) is 69.1 Å². The fourth-order valence-corrected chi connectivity index (χ4v) is 3.14. The molecule has 1 heterocycles. The SMILES string of the molecule is CCCCC(=O)NC(=S)Nc1ccc(N2CCCC[C@H]2C)cc1. The highest BCUT2D eigenvalue weighted by Crippen LogP contribution is 2.25. The summed E-state index contributed by atoms with van der Waals surface area (Å²) in [5, 5.41) is 6.16. The van der Waals surface area contributed by atoms with Crippen molar-refractivity contribution >= 4 is 34.6 Å². The van der Waals surface area contributed by atoms with Crippen LogP contribution in [0, 0.1) is 0 Å². The fraction of sp³-hybridized carbons (Fsp3) is 0.556. The predicted octanol–water partition coefficient (Wildman–Crippen LogP) is 4.07. The zero-order chi connectivity index (χ0) is 16.7. The van der Waals surface area contributed by atoms with E-state index in [-0.39, 0.29) is 5.91 Å². The van der Waals surface area contributed by atoms with Gasteiger partial charge in [0, 0.05) is 30.4 Å². The molecule has 1 aromatic rings. The zero-order valence-corrected chi connectivity index (χ0v) is 14.9. The molecule has 23 heavy (non-hydrogen) atoms. The topological polar surface area (TPSA) is 44.4 Å². The Hall–Kier alpha value is -1.62. The maximum Gasteiger partial charge on any atom is 0.226 e. The van der Waals surface area contributed by atoms with Crippen LogP contribution in [0.1, 0.15) is 52.4 Å². The van der Waals surface area contributed by atoms with Gasteiger partial charge in [0.05, 0.1) is 0 Å². The molecule has 1 aliphatic heterocycles. The number of carbonyl (C=O) groups is 1. The molecule has 2 N–H and O–H groups in total. The summed E-state index contributed by atoms with van der Waals surface area (Å²) in [7, 11) is 0. The second kappa shape index (κ2) is 8.87. The number of piperidine rings is 1. The summed E-state index contributed by atoms with van der Waals surface area (Å²) < 4.78 is 0. The van der Waals surface area contributed by atoms with Gasteiger partial charge in [-0.1, -0.05) is 13.3 Å². The maximum absolute atomic E-state index is 11.7. The summed E-state index contributed by atoms with van der Waals surface area (Å²) in [4.78, 5) is 14.1. The quantitative estimate of drug-likeness (QED) is 0.797. The van der Waals surface area contributed by atoms with Gasteiger partial charge in [-0.25, -0.2) is 0 Å². The van der Waals surface area contributed by atoms with Crippen molar-refractivity contribution < 1.29 is 4.79 Å². The Labute approximate surface area is 144 Å². The van der Waals surface area contributed by atoms with Crippen LogP contribution in [0.4, 0.5) is 11.4 Å². The van der Waals surface area contributed by atoms with Crippen molar-refractivity contribution in [3.05, 3.63) is 24.3 Å². The highest BCUT2D eigenvalue weighted by molar-refractivity contribution is 7.80. The van der Waals surface area contributed by atoms with Crippen molar-refractivity contribution in [2.45, 2.75) is 58.4 Å². The van der Waals surface area contributed by atoms with Crippen LogP contribution in [0.2, 0.25) is 0 Å². The van der Waals surface area contributed by atoms with Crippen LogP contribution in [-0.4, -0.2) is 23.6 Å². The minimum absolute atomic E-state index is 0.0249. The lowest BCUT2D eigenvalue weighted by atomic mass is 10.0. The third kappa shape index (κ3) is 5.50. The van der Waals surface area contributed by atoms with E-state index in [4.69, 9.17) is 12.2 Å². The van der Waals surface area contributed by atoms with Crippen LogP contribution >= 0.6 is 12.2 Å². The van der Waals surface area contributed by atoms with E-state index in [9.17, 15) is 4.79 Å². The maximum atomic E-state index is 11.7. The van der Waals surface area contributed by atoms with E-state index in [2.05, 4.69) is 41.5 Å². The third-order valence-corrected chi connectivity index (χ3v) is 4.47. The lowest BCUT2D eigenvalue weighted by Gasteiger charge is -2.35. The highest BCUT2D eigenvalue weighted by atomic mass is 32.1. The van der Waals surface area contributed by atoms with Crippen molar-refractivity contribution in [3.63, 3.8) is 0 Å². The van der Waals surface area contributed by atoms with Gasteiger partial charge in [0.1, 0.15) is 0 Å². The minimum Gasteiger partial charge on any atom is -0.369 e. The third-order valence-electron chi connectivity index (χ3n) is 4.27. The van der Waals surface area contributed by atoms with Crippen LogP contribution in [0.25, 0.3) is 0 Å². The lowest BCUT2D eigenvalue weighted by Crippen LogP contribution is -2.37. The molecule has 5 heteroatoms. The molecule has 1 amide bonds. The van der Waals surface area contributed by atoms with Crippen LogP contribution < -0.4 is 15.5 Å². The molecule has 126 valence electrons. The number of hydrogen-bond donors (Lipinski definition) is 2. The lowest BCUT2D eigenvalue weighted by molar-refractivity contribution is -0.119. The first-order valence-electron chi connectivity index (χ1n) is 8.57. The molecule has 2 rings (SSSR count). The first kappa shape index (κ1) is 17.7. The molecule has 1 saturated heterocycles. The van der Waals surface area contributed by atoms with E-state index in [1.807, 2.05) is 12.1 Å². The van der Waals surface area contributed by atoms with Gasteiger partial charge in [-0.15, -0.1) is 0 Å². The number of thiocarbonyl (C=S) groups is 1. The summed E-state index contributed by atoms with van der Waals surface area (Å²) in [6.07, 6.45) is 6.25. The molecule has 0 spiro atoms. The number of rotatable bonds is 5. The second-order valence-corrected chi connectivity index (χ2v) is 6.60. The molecule has 1 aliphatic rings. The molecule has 0 aliphatic carbocycles. The van der Waals surface area contributed by atoms with Crippen LogP contribution in [0.3, 0.4) is 0 Å². The molecule has 0 bridgehead atoms. The van der Waals surface area contributed by atoms with Crippen LogP contribution in [0.15, 0.2) is 24.3 Å². The van der Waals surface area contributed by atoms with E-state index < -0.39 is 0 Å². The fourth-order valence-electron chi connectivity index (χ4n) is 2.91. The first-order valence-corrected chi connectivity index (χ1v) is 8.98. The Morgan fingerprint density at radius 2 is 2.04 bits per heavy atom. The van der Waals surface area contributed by atoms with Crippen molar-refractivity contribution in [1.82, 2.24) is 5.32 Å². The molecular formula is C18H27N3OS. The molecule has 0 saturated carbocycles. The number of nitrogens with one attached hydrogen (secondary N) is 2. The highest BCUT2D eigenvalue weighted by Gasteiger charge is 2.18. The minimum atomic E-state index is -0.0249. The monoisotopic (exact) mass is 333 g/mol. The zero-order valence-electron chi connectivity index (χ0n) is 14.1. The Morgan fingerprint density at radius 1 is 1.30 bits per heavy atom. The van der Waals surface area contributed by atoms with E-state index in [0.29, 0.717) is 17.6 Å². The Kier molecular flexibility index (Phi) is 6.84. The van der Waals surface area contributed by atoms with Crippen molar-refractivity contribution in [3.8, 4) is 0 Å². The summed E-state index contributed by atoms with van der Waals surface area (Å²) in [5.74, 6) is -0.0249. The van der Waals surface area contributed by atoms with Gasteiger partial charge >= 0.3 is 0 Å². The average Bonchev–Trinajstić information content (AvgIpc) is 2.54. The van der Waals surface area contributed by atoms with Gasteiger partial charge in [-0.2, -0.15) is 0 Å². The van der Waals surface area contributed by atoms with Gasteiger partial charge in [0.2, 0.25) is 5.91 Å². The molecule has 4 nitrogen and oxygen atoms in total. The molecule has 1 atom stereocenters. The molecular weight excluding hydrogens is 306 g/mol. The molecule has 1 aromatic carbocycles. The summed E-state index contributed by atoms with van der Waals surface area (Å²) in [6, 6.07) is 8.86. The standard InChI is InChI=1S/C18H27N3OS/c1-3-4-8-17(22)20-18(23)19-15-9-11-16(12-10-15)21-13-6-5-7-14(21)2/h9-12,14H,3-8,13H2,1-2H3,(H2,19,20,22,23)/t14-/m1/s1. The smallest absolute Gasteiger partial charge is 0.226 e. The van der Waals surface area contributed by atoms with Crippen LogP contribution in [-0.2, 0) is 4.79 Å². The number of anilines is 2. The normalized spacial score (nSPS) is 17.7. The molecule has 1 fully saturated rings. The Balaban J connectivity index is 1.87. The molecule has 0 unspecified atom stereocenters. The second-order valence-electron chi connectivity index (χ2n) is 6.19. The molecule has 0 radical (unpaired) electrons. The summed E-state index contributed by atoms with van der Waals surface area (Å²) in [6.45, 7) is 5.47. The van der Waals surface area contributed by atoms with Gasteiger partial charge in [0.15, 0.2) is 5.11 Å². The molecule has 0 aromatic heterocycles. The van der Waals surface area contributed by atoms with Crippen molar-refractivity contribution in [2.75, 3.05) is 16.8 Å².